The highest BCUT2D eigenvalue weighted by Gasteiger charge is 2.08. The van der Waals surface area contributed by atoms with Crippen LogP contribution in [0.2, 0.25) is 0 Å². The normalized spacial score (nSPS) is 10.4. The van der Waals surface area contributed by atoms with Crippen LogP contribution in [-0.4, -0.2) is 30.4 Å². The summed E-state index contributed by atoms with van der Waals surface area (Å²) in [7, 11) is 0. The molecule has 0 aliphatic carbocycles. The number of carbonyl (C=O) groups is 1. The van der Waals surface area contributed by atoms with Crippen LogP contribution in [0.5, 0.6) is 0 Å². The van der Waals surface area contributed by atoms with Crippen LogP contribution in [0, 0.1) is 0 Å². The molecule has 0 aliphatic heterocycles. The number of rotatable bonds is 7. The Morgan fingerprint density at radius 3 is 2.56 bits per heavy atom. The predicted molar refractivity (Wildman–Crippen MR) is 78.4 cm³/mol. The van der Waals surface area contributed by atoms with Crippen molar-refractivity contribution in [2.24, 2.45) is 0 Å². The molecule has 1 aromatic carbocycles. The molecule has 0 aromatic heterocycles. The van der Waals surface area contributed by atoms with E-state index in [1.165, 1.54) is 5.56 Å². The molecule has 100 valence electrons. The van der Waals surface area contributed by atoms with Crippen LogP contribution < -0.4 is 5.32 Å². The highest BCUT2D eigenvalue weighted by molar-refractivity contribution is 9.10. The van der Waals surface area contributed by atoms with Gasteiger partial charge in [-0.15, -0.1) is 0 Å². The number of nitrogens with one attached hydrogen (secondary N) is 1. The highest BCUT2D eigenvalue weighted by Crippen LogP contribution is 2.15. The summed E-state index contributed by atoms with van der Waals surface area (Å²) in [6, 6.07) is 8.11. The van der Waals surface area contributed by atoms with Gasteiger partial charge in [-0.25, -0.2) is 0 Å². The first-order valence-corrected chi connectivity index (χ1v) is 7.20. The monoisotopic (exact) mass is 312 g/mol. The molecule has 0 fully saturated rings. The number of carbonyl (C=O) groups excluding carboxylic acids is 1. The van der Waals surface area contributed by atoms with E-state index >= 15 is 0 Å². The molecule has 0 heterocycles. The van der Waals surface area contributed by atoms with Gasteiger partial charge in [-0.1, -0.05) is 34.1 Å². The van der Waals surface area contributed by atoms with Crippen LogP contribution >= 0.6 is 15.9 Å². The van der Waals surface area contributed by atoms with Gasteiger partial charge >= 0.3 is 0 Å². The Labute approximate surface area is 118 Å². The summed E-state index contributed by atoms with van der Waals surface area (Å²) in [6.45, 7) is 7.11. The molecule has 1 amide bonds. The van der Waals surface area contributed by atoms with E-state index in [0.717, 1.165) is 30.7 Å². The average molecular weight is 313 g/mol. The zero-order valence-corrected chi connectivity index (χ0v) is 12.7. The molecule has 0 atom stereocenters. The second-order valence-corrected chi connectivity index (χ2v) is 4.94. The smallest absolute Gasteiger partial charge is 0.223 e. The van der Waals surface area contributed by atoms with Gasteiger partial charge in [-0.3, -0.25) is 4.79 Å². The second-order valence-electron chi connectivity index (χ2n) is 4.08. The first-order chi connectivity index (χ1) is 8.69. The lowest BCUT2D eigenvalue weighted by molar-refractivity contribution is -0.130. The van der Waals surface area contributed by atoms with Crippen molar-refractivity contribution in [2.45, 2.75) is 26.8 Å². The van der Waals surface area contributed by atoms with Crippen LogP contribution in [0.15, 0.2) is 28.7 Å². The number of benzene rings is 1. The van der Waals surface area contributed by atoms with Crippen LogP contribution in [0.1, 0.15) is 25.8 Å². The van der Waals surface area contributed by atoms with Crippen LogP contribution in [-0.2, 0) is 11.3 Å². The molecule has 0 spiro atoms. The Kier molecular flexibility index (Phi) is 6.98. The molecule has 1 rings (SSSR count). The Morgan fingerprint density at radius 2 is 1.94 bits per heavy atom. The number of nitrogens with zero attached hydrogens (tertiary/aromatic N) is 1. The summed E-state index contributed by atoms with van der Waals surface area (Å²) in [5, 5.41) is 3.30. The second kappa shape index (κ2) is 8.27. The molecule has 0 unspecified atom stereocenters. The van der Waals surface area contributed by atoms with E-state index in [9.17, 15) is 4.79 Å². The number of hydrogen-bond donors (Lipinski definition) is 1. The van der Waals surface area contributed by atoms with E-state index in [1.807, 2.05) is 36.9 Å². The maximum Gasteiger partial charge on any atom is 0.223 e. The van der Waals surface area contributed by atoms with Crippen molar-refractivity contribution in [3.8, 4) is 0 Å². The minimum absolute atomic E-state index is 0.222. The summed E-state index contributed by atoms with van der Waals surface area (Å²) in [6.07, 6.45) is 0.562. The third-order valence-electron chi connectivity index (χ3n) is 2.91. The molecule has 0 bridgehead atoms. The maximum absolute atomic E-state index is 11.8. The van der Waals surface area contributed by atoms with Gasteiger partial charge in [0.2, 0.25) is 5.91 Å². The van der Waals surface area contributed by atoms with Crippen molar-refractivity contribution < 1.29 is 4.79 Å². The topological polar surface area (TPSA) is 32.3 Å². The van der Waals surface area contributed by atoms with Crippen molar-refractivity contribution in [2.75, 3.05) is 19.6 Å². The Balaban J connectivity index is 2.27. The van der Waals surface area contributed by atoms with Crippen LogP contribution in [0.3, 0.4) is 0 Å². The Bertz CT molecular complexity index is 378. The zero-order chi connectivity index (χ0) is 13.4. The summed E-state index contributed by atoms with van der Waals surface area (Å²) in [5.74, 6) is 0.222. The van der Waals surface area contributed by atoms with E-state index in [2.05, 4.69) is 27.3 Å². The zero-order valence-electron chi connectivity index (χ0n) is 11.1. The summed E-state index contributed by atoms with van der Waals surface area (Å²) < 4.78 is 1.10. The lowest BCUT2D eigenvalue weighted by Gasteiger charge is -2.18. The van der Waals surface area contributed by atoms with E-state index < -0.39 is 0 Å². The SMILES string of the molecule is CCN(CC)C(=O)CCNCc1ccccc1Br. The molecule has 0 saturated heterocycles. The predicted octanol–water partition coefficient (Wildman–Crippen LogP) is 2.80. The lowest BCUT2D eigenvalue weighted by atomic mass is 10.2. The molecule has 0 radical (unpaired) electrons. The molecule has 0 aliphatic rings. The third-order valence-corrected chi connectivity index (χ3v) is 3.68. The summed E-state index contributed by atoms with van der Waals surface area (Å²) >= 11 is 3.51. The van der Waals surface area contributed by atoms with Crippen LogP contribution in [0.25, 0.3) is 0 Å². The lowest BCUT2D eigenvalue weighted by Crippen LogP contribution is -2.32. The van der Waals surface area contributed by atoms with Gasteiger partial charge in [0.1, 0.15) is 0 Å². The molecule has 1 N–H and O–H groups in total. The van der Waals surface area contributed by atoms with Gasteiger partial charge in [-0.2, -0.15) is 0 Å². The fourth-order valence-electron chi connectivity index (χ4n) is 1.79. The van der Waals surface area contributed by atoms with Crippen LogP contribution in [0.4, 0.5) is 0 Å². The number of halogens is 1. The van der Waals surface area contributed by atoms with Crippen molar-refractivity contribution in [3.63, 3.8) is 0 Å². The van der Waals surface area contributed by atoms with Crippen molar-refractivity contribution in [1.29, 1.82) is 0 Å². The molecular weight excluding hydrogens is 292 g/mol. The first kappa shape index (κ1) is 15.2. The maximum atomic E-state index is 11.8. The largest absolute Gasteiger partial charge is 0.343 e. The van der Waals surface area contributed by atoms with Gasteiger partial charge in [0, 0.05) is 37.1 Å². The van der Waals surface area contributed by atoms with E-state index in [-0.39, 0.29) is 5.91 Å². The molecular formula is C14H21BrN2O. The molecule has 0 saturated carbocycles. The fourth-order valence-corrected chi connectivity index (χ4v) is 2.22. The Morgan fingerprint density at radius 1 is 1.28 bits per heavy atom. The van der Waals surface area contributed by atoms with Crippen molar-refractivity contribution >= 4 is 21.8 Å². The van der Waals surface area contributed by atoms with Gasteiger partial charge in [0.15, 0.2) is 0 Å². The molecule has 3 nitrogen and oxygen atoms in total. The number of hydrogen-bond acceptors (Lipinski definition) is 2. The molecule has 4 heteroatoms. The average Bonchev–Trinajstić information content (AvgIpc) is 2.38. The van der Waals surface area contributed by atoms with Gasteiger partial charge < -0.3 is 10.2 Å². The Hall–Kier alpha value is -0.870. The number of amides is 1. The third kappa shape index (κ3) is 4.78. The quantitative estimate of drug-likeness (QED) is 0.785. The minimum atomic E-state index is 0.222. The van der Waals surface area contributed by atoms with Gasteiger partial charge in [-0.05, 0) is 25.5 Å². The van der Waals surface area contributed by atoms with Gasteiger partial charge in [0.25, 0.3) is 0 Å². The van der Waals surface area contributed by atoms with Crippen molar-refractivity contribution in [1.82, 2.24) is 10.2 Å². The first-order valence-electron chi connectivity index (χ1n) is 6.40. The molecule has 18 heavy (non-hydrogen) atoms. The summed E-state index contributed by atoms with van der Waals surface area (Å²) in [4.78, 5) is 13.6. The van der Waals surface area contributed by atoms with Crippen molar-refractivity contribution in [3.05, 3.63) is 34.3 Å². The summed E-state index contributed by atoms with van der Waals surface area (Å²) in [5.41, 5.74) is 1.22. The van der Waals surface area contributed by atoms with E-state index in [1.54, 1.807) is 0 Å². The minimum Gasteiger partial charge on any atom is -0.343 e. The van der Waals surface area contributed by atoms with E-state index in [4.69, 9.17) is 0 Å². The molecule has 1 aromatic rings. The van der Waals surface area contributed by atoms with Gasteiger partial charge in [0.05, 0.1) is 0 Å². The fraction of sp³-hybridized carbons (Fsp3) is 0.500. The highest BCUT2D eigenvalue weighted by atomic mass is 79.9. The standard InChI is InChI=1S/C14H21BrN2O/c1-3-17(4-2)14(18)9-10-16-11-12-7-5-6-8-13(12)15/h5-8,16H,3-4,9-11H2,1-2H3. The van der Waals surface area contributed by atoms with E-state index in [0.29, 0.717) is 6.42 Å².